The molecule has 3 atom stereocenters. The molecule has 0 radical (unpaired) electrons. The van der Waals surface area contributed by atoms with E-state index in [0.29, 0.717) is 18.6 Å². The van der Waals surface area contributed by atoms with Crippen LogP contribution < -0.4 is 0 Å². The van der Waals surface area contributed by atoms with Crippen molar-refractivity contribution < 1.29 is 9.59 Å². The molecular weight excluding hydrogens is 272 g/mol. The van der Waals surface area contributed by atoms with Gasteiger partial charge in [-0.05, 0) is 37.8 Å². The van der Waals surface area contributed by atoms with Crippen LogP contribution in [0, 0.1) is 28.6 Å². The summed E-state index contributed by atoms with van der Waals surface area (Å²) in [6.45, 7) is 6.09. The summed E-state index contributed by atoms with van der Waals surface area (Å²) in [7, 11) is 0. The molecule has 0 amide bonds. The average molecular weight is 298 g/mol. The Bertz CT molecular complexity index is 640. The highest BCUT2D eigenvalue weighted by Gasteiger charge is 2.52. The SMILES string of the molecule is C.CC#CC12CC=C3C(C)C(=O)CCC3(C)C1=CC(=O)CC2. The van der Waals surface area contributed by atoms with E-state index in [1.54, 1.807) is 0 Å². The first-order valence-electron chi connectivity index (χ1n) is 7.85. The molecule has 1 saturated carbocycles. The second-order valence-corrected chi connectivity index (χ2v) is 6.87. The fourth-order valence-corrected chi connectivity index (χ4v) is 4.52. The number of allylic oxidation sites excluding steroid dienone is 4. The van der Waals surface area contributed by atoms with Gasteiger partial charge >= 0.3 is 0 Å². The third kappa shape index (κ3) is 2.19. The van der Waals surface area contributed by atoms with Gasteiger partial charge < -0.3 is 0 Å². The van der Waals surface area contributed by atoms with Gasteiger partial charge in [0.05, 0.1) is 5.41 Å². The van der Waals surface area contributed by atoms with Crippen molar-refractivity contribution in [3.05, 3.63) is 23.3 Å². The first kappa shape index (κ1) is 16.7. The van der Waals surface area contributed by atoms with Crippen LogP contribution in [0.15, 0.2) is 23.3 Å². The van der Waals surface area contributed by atoms with Crippen LogP contribution in [0.4, 0.5) is 0 Å². The van der Waals surface area contributed by atoms with Gasteiger partial charge in [0.2, 0.25) is 0 Å². The molecule has 0 aliphatic heterocycles. The zero-order valence-electron chi connectivity index (χ0n) is 13.1. The summed E-state index contributed by atoms with van der Waals surface area (Å²) in [6, 6.07) is 0. The van der Waals surface area contributed by atoms with Gasteiger partial charge in [0.25, 0.3) is 0 Å². The molecule has 0 aromatic carbocycles. The molecule has 2 nitrogen and oxygen atoms in total. The Labute approximate surface area is 134 Å². The number of carbonyl (C=O) groups is 2. The van der Waals surface area contributed by atoms with Crippen molar-refractivity contribution in [2.75, 3.05) is 0 Å². The summed E-state index contributed by atoms with van der Waals surface area (Å²) in [5.74, 6) is 7.00. The van der Waals surface area contributed by atoms with Crippen molar-refractivity contribution >= 4 is 11.6 Å². The molecule has 22 heavy (non-hydrogen) atoms. The largest absolute Gasteiger partial charge is 0.299 e. The van der Waals surface area contributed by atoms with Gasteiger partial charge in [-0.3, -0.25) is 9.59 Å². The van der Waals surface area contributed by atoms with Gasteiger partial charge in [0.1, 0.15) is 5.78 Å². The molecule has 0 heterocycles. The van der Waals surface area contributed by atoms with Crippen LogP contribution in [-0.4, -0.2) is 11.6 Å². The second-order valence-electron chi connectivity index (χ2n) is 6.87. The highest BCUT2D eigenvalue weighted by Crippen LogP contribution is 2.59. The maximum Gasteiger partial charge on any atom is 0.155 e. The first-order chi connectivity index (χ1) is 9.93. The van der Waals surface area contributed by atoms with Crippen LogP contribution in [0.2, 0.25) is 0 Å². The van der Waals surface area contributed by atoms with Crippen molar-refractivity contribution in [2.45, 2.75) is 60.3 Å². The Kier molecular flexibility index (Phi) is 4.22. The van der Waals surface area contributed by atoms with Crippen LogP contribution >= 0.6 is 0 Å². The van der Waals surface area contributed by atoms with E-state index in [1.807, 2.05) is 19.9 Å². The smallest absolute Gasteiger partial charge is 0.155 e. The lowest BCUT2D eigenvalue weighted by molar-refractivity contribution is -0.123. The van der Waals surface area contributed by atoms with E-state index in [1.165, 1.54) is 11.1 Å². The monoisotopic (exact) mass is 298 g/mol. The summed E-state index contributed by atoms with van der Waals surface area (Å²) in [5.41, 5.74) is 2.05. The summed E-state index contributed by atoms with van der Waals surface area (Å²) in [4.78, 5) is 24.1. The molecule has 2 heteroatoms. The van der Waals surface area contributed by atoms with E-state index < -0.39 is 0 Å². The van der Waals surface area contributed by atoms with Crippen LogP contribution in [0.25, 0.3) is 0 Å². The van der Waals surface area contributed by atoms with Crippen molar-refractivity contribution in [2.24, 2.45) is 16.7 Å². The molecule has 3 aliphatic carbocycles. The van der Waals surface area contributed by atoms with Crippen molar-refractivity contribution in [3.8, 4) is 11.8 Å². The highest BCUT2D eigenvalue weighted by molar-refractivity contribution is 5.93. The van der Waals surface area contributed by atoms with Gasteiger partial charge in [-0.15, -0.1) is 5.92 Å². The molecule has 0 spiro atoms. The van der Waals surface area contributed by atoms with Crippen molar-refractivity contribution in [3.63, 3.8) is 0 Å². The van der Waals surface area contributed by atoms with Crippen LogP contribution in [0.5, 0.6) is 0 Å². The fraction of sp³-hybridized carbons (Fsp3) is 0.600. The van der Waals surface area contributed by atoms with Gasteiger partial charge in [0.15, 0.2) is 5.78 Å². The van der Waals surface area contributed by atoms with E-state index in [-0.39, 0.29) is 30.0 Å². The molecule has 0 bridgehead atoms. The zero-order chi connectivity index (χ0) is 15.3. The number of carbonyl (C=O) groups excluding carboxylic acids is 2. The van der Waals surface area contributed by atoms with E-state index in [2.05, 4.69) is 24.8 Å². The van der Waals surface area contributed by atoms with E-state index in [4.69, 9.17) is 0 Å². The van der Waals surface area contributed by atoms with Crippen molar-refractivity contribution in [1.29, 1.82) is 0 Å². The van der Waals surface area contributed by atoms with Gasteiger partial charge in [0, 0.05) is 24.2 Å². The quantitative estimate of drug-likeness (QED) is 0.495. The minimum Gasteiger partial charge on any atom is -0.299 e. The van der Waals surface area contributed by atoms with Crippen LogP contribution in [0.3, 0.4) is 0 Å². The molecule has 0 aromatic rings. The van der Waals surface area contributed by atoms with E-state index >= 15 is 0 Å². The third-order valence-electron chi connectivity index (χ3n) is 5.71. The van der Waals surface area contributed by atoms with E-state index in [0.717, 1.165) is 19.3 Å². The molecule has 1 fully saturated rings. The third-order valence-corrected chi connectivity index (χ3v) is 5.71. The number of rotatable bonds is 0. The first-order valence-corrected chi connectivity index (χ1v) is 7.85. The number of Topliss-reactive ketones (excluding diaryl/α,β-unsaturated/α-hetero) is 1. The predicted molar refractivity (Wildman–Crippen MR) is 89.2 cm³/mol. The van der Waals surface area contributed by atoms with Gasteiger partial charge in [-0.1, -0.05) is 38.8 Å². The number of hydrogen-bond donors (Lipinski definition) is 0. The fourth-order valence-electron chi connectivity index (χ4n) is 4.52. The zero-order valence-corrected chi connectivity index (χ0v) is 13.1. The van der Waals surface area contributed by atoms with Crippen LogP contribution in [0.1, 0.15) is 60.3 Å². The summed E-state index contributed by atoms with van der Waals surface area (Å²) in [6.07, 6.45) is 7.77. The molecule has 3 aliphatic rings. The Morgan fingerprint density at radius 2 is 1.95 bits per heavy atom. The Morgan fingerprint density at radius 1 is 1.23 bits per heavy atom. The lowest BCUT2D eigenvalue weighted by Crippen LogP contribution is -2.45. The normalized spacial score (nSPS) is 36.8. The standard InChI is InChI=1S/C19H22O2.CH4/c1-4-8-19-10-5-14(20)12-17(19)18(3)9-7-16(21)13(2)15(18)6-11-19;/h6,12-13H,5,7,9-11H2,1-3H3;1H4. The summed E-state index contributed by atoms with van der Waals surface area (Å²) in [5, 5.41) is 0. The molecule has 118 valence electrons. The summed E-state index contributed by atoms with van der Waals surface area (Å²) >= 11 is 0. The van der Waals surface area contributed by atoms with Crippen LogP contribution in [-0.2, 0) is 9.59 Å². The lowest BCUT2D eigenvalue weighted by atomic mass is 9.51. The number of fused-ring (bicyclic) bond motifs is 3. The molecular formula is C20H26O2. The molecule has 3 unspecified atom stereocenters. The maximum absolute atomic E-state index is 12.1. The molecule has 0 aromatic heterocycles. The number of hydrogen-bond acceptors (Lipinski definition) is 2. The molecule has 3 rings (SSSR count). The highest BCUT2D eigenvalue weighted by atomic mass is 16.1. The minimum absolute atomic E-state index is 0. The molecule has 0 N–H and O–H groups in total. The Morgan fingerprint density at radius 3 is 2.64 bits per heavy atom. The second kappa shape index (κ2) is 5.54. The van der Waals surface area contributed by atoms with Gasteiger partial charge in [-0.2, -0.15) is 0 Å². The van der Waals surface area contributed by atoms with Gasteiger partial charge in [-0.25, -0.2) is 0 Å². The molecule has 0 saturated heterocycles. The number of ketones is 2. The summed E-state index contributed by atoms with van der Waals surface area (Å²) < 4.78 is 0. The average Bonchev–Trinajstić information content (AvgIpc) is 2.45. The predicted octanol–water partition coefficient (Wildman–Crippen LogP) is 4.26. The Balaban J connectivity index is 0.00000176. The topological polar surface area (TPSA) is 34.1 Å². The Hall–Kier alpha value is -1.62. The van der Waals surface area contributed by atoms with E-state index in [9.17, 15) is 9.59 Å². The lowest BCUT2D eigenvalue weighted by Gasteiger charge is -2.51. The minimum atomic E-state index is -0.180. The van der Waals surface area contributed by atoms with Crippen molar-refractivity contribution in [1.82, 2.24) is 0 Å². The maximum atomic E-state index is 12.1.